The molecule has 0 aromatic carbocycles. The molecule has 1 amide bonds. The Kier molecular flexibility index (Phi) is 4.52. The van der Waals surface area contributed by atoms with Crippen molar-refractivity contribution in [2.75, 3.05) is 5.32 Å². The molecule has 1 heterocycles. The van der Waals surface area contributed by atoms with Gasteiger partial charge in [0.25, 0.3) is 0 Å². The first-order chi connectivity index (χ1) is 7.59. The van der Waals surface area contributed by atoms with Crippen molar-refractivity contribution in [3.05, 3.63) is 10.8 Å². The van der Waals surface area contributed by atoms with Crippen molar-refractivity contribution in [1.82, 2.24) is 0 Å². The summed E-state index contributed by atoms with van der Waals surface area (Å²) in [5.74, 6) is 0. The molecule has 1 rings (SSSR count). The Morgan fingerprint density at radius 1 is 1.29 bits per heavy atom. The molecule has 96 valence electrons. The van der Waals surface area contributed by atoms with E-state index in [-0.39, 0.29) is 6.09 Å². The van der Waals surface area contributed by atoms with Gasteiger partial charge in [0, 0.05) is 0 Å². The molecule has 0 aliphatic carbocycles. The number of rotatable bonds is 2. The number of carbonyl (C=O) groups is 1. The third-order valence-electron chi connectivity index (χ3n) is 2.11. The number of carbonyl (C=O) groups excluding carboxylic acids is 1. The van der Waals surface area contributed by atoms with Gasteiger partial charge in [-0.05, 0) is 0 Å². The van der Waals surface area contributed by atoms with Crippen LogP contribution in [0.3, 0.4) is 0 Å². The average molecular weight is 362 g/mol. The summed E-state index contributed by atoms with van der Waals surface area (Å²) in [5.41, 5.74) is 0.484. The van der Waals surface area contributed by atoms with Gasteiger partial charge in [0.1, 0.15) is 0 Å². The van der Waals surface area contributed by atoms with Crippen LogP contribution in [0.2, 0.25) is 14.8 Å². The van der Waals surface area contributed by atoms with Crippen molar-refractivity contribution >= 4 is 45.1 Å². The summed E-state index contributed by atoms with van der Waals surface area (Å²) in [6.07, 6.45) is -0.368. The summed E-state index contributed by atoms with van der Waals surface area (Å²) < 4.78 is 6.60. The Morgan fingerprint density at radius 2 is 1.88 bits per heavy atom. The Labute approximate surface area is 111 Å². The fraction of sp³-hybridized carbons (Fsp3) is 0.583. The van der Waals surface area contributed by atoms with Crippen molar-refractivity contribution in [3.63, 3.8) is 0 Å². The molecular formula is C12H21NO2SSn. The molecule has 1 aromatic heterocycles. The summed E-state index contributed by atoms with van der Waals surface area (Å²) in [7, 11) is 0. The van der Waals surface area contributed by atoms with Crippen LogP contribution < -0.4 is 8.90 Å². The summed E-state index contributed by atoms with van der Waals surface area (Å²) in [6, 6.07) is 0. The van der Waals surface area contributed by atoms with Gasteiger partial charge in [0.2, 0.25) is 0 Å². The second kappa shape index (κ2) is 5.18. The zero-order valence-electron chi connectivity index (χ0n) is 11.4. The molecule has 1 aromatic rings. The van der Waals surface area contributed by atoms with Gasteiger partial charge in [-0.15, -0.1) is 0 Å². The minimum absolute atomic E-state index is 0.368. The fourth-order valence-corrected chi connectivity index (χ4v) is 8.99. The Bertz CT molecular complexity index is 401. The van der Waals surface area contributed by atoms with Crippen LogP contribution in [0.4, 0.5) is 10.5 Å². The Hall–Kier alpha value is -0.231. The second-order valence-corrected chi connectivity index (χ2v) is 21.2. The van der Waals surface area contributed by atoms with Gasteiger partial charge in [0.05, 0.1) is 0 Å². The molecule has 5 heteroatoms. The molecule has 1 N–H and O–H groups in total. The molecule has 17 heavy (non-hydrogen) atoms. The van der Waals surface area contributed by atoms with E-state index in [1.807, 2.05) is 26.2 Å². The van der Waals surface area contributed by atoms with E-state index in [1.165, 1.54) is 3.58 Å². The summed E-state index contributed by atoms with van der Waals surface area (Å²) in [6.45, 7) is 5.60. The minimum atomic E-state index is -2.14. The molecule has 0 aliphatic heterocycles. The molecule has 0 atom stereocenters. The van der Waals surface area contributed by atoms with E-state index in [2.05, 4.69) is 25.5 Å². The van der Waals surface area contributed by atoms with Crippen LogP contribution >= 0.6 is 11.3 Å². The Morgan fingerprint density at radius 3 is 2.35 bits per heavy atom. The SMILES string of the molecule is CC(C)(C)OC(=O)Nc1csc[c]1[Sn]([CH3])([CH3])[CH3]. The molecule has 0 unspecified atom stereocenters. The zero-order chi connectivity index (χ0) is 13.3. The summed E-state index contributed by atoms with van der Waals surface area (Å²) in [5, 5.41) is 7.00. The summed E-state index contributed by atoms with van der Waals surface area (Å²) >= 11 is -0.507. The standard InChI is InChI=1S/C9H12NO2S.3CH3.Sn/c1-9(2,3)12-8(11)10-7-4-5-13-6-7;;;;/h5-6H,1-3H3,(H,10,11);3*1H3;. The van der Waals surface area contributed by atoms with Gasteiger partial charge in [-0.2, -0.15) is 0 Å². The van der Waals surface area contributed by atoms with Crippen LogP contribution in [0.25, 0.3) is 0 Å². The quantitative estimate of drug-likeness (QED) is 0.816. The van der Waals surface area contributed by atoms with E-state index in [0.29, 0.717) is 0 Å². The van der Waals surface area contributed by atoms with E-state index >= 15 is 0 Å². The molecule has 3 nitrogen and oxygen atoms in total. The van der Waals surface area contributed by atoms with Crippen molar-refractivity contribution in [2.24, 2.45) is 0 Å². The predicted octanol–water partition coefficient (Wildman–Crippen LogP) is 3.64. The topological polar surface area (TPSA) is 38.3 Å². The van der Waals surface area contributed by atoms with E-state index < -0.39 is 24.0 Å². The monoisotopic (exact) mass is 363 g/mol. The Balaban J connectivity index is 2.77. The van der Waals surface area contributed by atoms with Crippen LogP contribution in [-0.4, -0.2) is 30.1 Å². The van der Waals surface area contributed by atoms with Gasteiger partial charge in [-0.3, -0.25) is 0 Å². The average Bonchev–Trinajstić information content (AvgIpc) is 2.46. The van der Waals surface area contributed by atoms with Crippen LogP contribution in [0.15, 0.2) is 10.8 Å². The van der Waals surface area contributed by atoms with Gasteiger partial charge in [-0.25, -0.2) is 0 Å². The molecular weight excluding hydrogens is 341 g/mol. The van der Waals surface area contributed by atoms with Crippen molar-refractivity contribution in [1.29, 1.82) is 0 Å². The maximum atomic E-state index is 11.7. The van der Waals surface area contributed by atoms with Crippen LogP contribution in [0, 0.1) is 0 Å². The van der Waals surface area contributed by atoms with Crippen LogP contribution in [0.1, 0.15) is 20.8 Å². The maximum absolute atomic E-state index is 11.7. The predicted molar refractivity (Wildman–Crippen MR) is 77.2 cm³/mol. The first kappa shape index (κ1) is 14.8. The van der Waals surface area contributed by atoms with E-state index in [0.717, 1.165) is 5.69 Å². The molecule has 0 radical (unpaired) electrons. The second-order valence-electron chi connectivity index (χ2n) is 6.08. The van der Waals surface area contributed by atoms with Crippen LogP contribution in [-0.2, 0) is 4.74 Å². The normalized spacial score (nSPS) is 12.4. The molecule has 0 saturated heterocycles. The number of anilines is 1. The van der Waals surface area contributed by atoms with Crippen molar-refractivity contribution in [2.45, 2.75) is 41.2 Å². The number of thiophene rings is 1. The first-order valence-corrected chi connectivity index (χ1v) is 16.6. The van der Waals surface area contributed by atoms with Gasteiger partial charge in [-0.1, -0.05) is 0 Å². The van der Waals surface area contributed by atoms with Crippen molar-refractivity contribution < 1.29 is 9.53 Å². The van der Waals surface area contributed by atoms with Gasteiger partial charge < -0.3 is 0 Å². The molecule has 0 aliphatic rings. The molecule has 0 bridgehead atoms. The van der Waals surface area contributed by atoms with Crippen LogP contribution in [0.5, 0.6) is 0 Å². The third kappa shape index (κ3) is 4.87. The number of nitrogens with one attached hydrogen (secondary N) is 1. The van der Waals surface area contributed by atoms with E-state index in [4.69, 9.17) is 4.74 Å². The molecule has 0 saturated carbocycles. The fourth-order valence-electron chi connectivity index (χ4n) is 1.39. The third-order valence-corrected chi connectivity index (χ3v) is 9.24. The number of ether oxygens (including phenoxy) is 1. The summed E-state index contributed by atoms with van der Waals surface area (Å²) in [4.78, 5) is 18.7. The van der Waals surface area contributed by atoms with Gasteiger partial charge >= 0.3 is 112 Å². The van der Waals surface area contributed by atoms with Gasteiger partial charge in [0.15, 0.2) is 0 Å². The number of hydrogen-bond acceptors (Lipinski definition) is 3. The van der Waals surface area contributed by atoms with Crippen molar-refractivity contribution in [3.8, 4) is 0 Å². The van der Waals surface area contributed by atoms with E-state index in [1.54, 1.807) is 11.3 Å². The molecule has 0 spiro atoms. The zero-order valence-corrected chi connectivity index (χ0v) is 15.1. The number of amides is 1. The first-order valence-electron chi connectivity index (χ1n) is 5.66. The molecule has 0 fully saturated rings. The van der Waals surface area contributed by atoms with E-state index in [9.17, 15) is 4.79 Å². The number of hydrogen-bond donors (Lipinski definition) is 1.